The Labute approximate surface area is 253 Å². The van der Waals surface area contributed by atoms with Gasteiger partial charge in [-0.1, -0.05) is 6.08 Å². The van der Waals surface area contributed by atoms with Crippen LogP contribution in [0.3, 0.4) is 0 Å². The van der Waals surface area contributed by atoms with Crippen LogP contribution in [0.15, 0.2) is 12.7 Å². The molecule has 44 heavy (non-hydrogen) atoms. The van der Waals surface area contributed by atoms with Gasteiger partial charge in [-0.2, -0.15) is 0 Å². The predicted octanol–water partition coefficient (Wildman–Crippen LogP) is -1.19. The van der Waals surface area contributed by atoms with Crippen LogP contribution in [0.5, 0.6) is 0 Å². The van der Waals surface area contributed by atoms with Crippen molar-refractivity contribution in [3.8, 4) is 0 Å². The van der Waals surface area contributed by atoms with E-state index in [-0.39, 0.29) is 6.61 Å². The zero-order valence-electron chi connectivity index (χ0n) is 25.3. The second kappa shape index (κ2) is 17.0. The van der Waals surface area contributed by atoms with Crippen LogP contribution in [0, 0.1) is 0 Å². The number of aliphatic hydroxyl groups is 1. The SMILES string of the molecule is C=CCO[C@@H]1O[C@H](CO)[C@@H](O[C@@H]2O[C@H](COC(C)=O)[C@H](OC(C)=O)[C@H](OC(C)=O)[C@H]2OC(C)=O)[C@H](OC(C)=O)[C@H]1NC(C)=O. The first-order chi connectivity index (χ1) is 20.7. The van der Waals surface area contributed by atoms with Gasteiger partial charge in [-0.05, 0) is 0 Å². The fourth-order valence-corrected chi connectivity index (χ4v) is 4.69. The number of carbonyl (C=O) groups is 6. The van der Waals surface area contributed by atoms with Gasteiger partial charge in [0.2, 0.25) is 5.91 Å². The Morgan fingerprint density at radius 2 is 1.23 bits per heavy atom. The van der Waals surface area contributed by atoms with Gasteiger partial charge in [0.05, 0.1) is 13.2 Å². The maximum Gasteiger partial charge on any atom is 0.303 e. The lowest BCUT2D eigenvalue weighted by atomic mass is 9.94. The standard InChI is InChI=1S/C27H39NO16/c1-8-9-36-26-20(28-12(2)30)23(39-15(5)33)21(18(10-29)42-26)44-27-25(41-17(7)35)24(40-16(6)34)22(38-14(4)32)19(43-27)11-37-13(3)31/h8,18-27,29H,1,9-11H2,2-7H3,(H,28,30)/t18-,19-,20-,21-,22+,23-,24+,25-,26-,27+/m1/s1. The van der Waals surface area contributed by atoms with Crippen LogP contribution in [0.25, 0.3) is 0 Å². The molecule has 2 aliphatic heterocycles. The monoisotopic (exact) mass is 633 g/mol. The lowest BCUT2D eigenvalue weighted by molar-refractivity contribution is -0.349. The highest BCUT2D eigenvalue weighted by atomic mass is 16.8. The minimum atomic E-state index is -1.71. The Kier molecular flexibility index (Phi) is 14.1. The highest BCUT2D eigenvalue weighted by Gasteiger charge is 2.56. The smallest absolute Gasteiger partial charge is 0.303 e. The van der Waals surface area contributed by atoms with Crippen molar-refractivity contribution in [3.63, 3.8) is 0 Å². The van der Waals surface area contributed by atoms with Gasteiger partial charge < -0.3 is 53.1 Å². The van der Waals surface area contributed by atoms with Crippen LogP contribution in [0.4, 0.5) is 0 Å². The molecule has 0 aliphatic carbocycles. The molecular weight excluding hydrogens is 594 g/mol. The van der Waals surface area contributed by atoms with Crippen LogP contribution in [-0.2, 0) is 71.4 Å². The summed E-state index contributed by atoms with van der Waals surface area (Å²) in [6, 6.07) is -1.20. The van der Waals surface area contributed by atoms with E-state index in [0.29, 0.717) is 0 Å². The molecule has 0 radical (unpaired) electrons. The Morgan fingerprint density at radius 1 is 0.705 bits per heavy atom. The van der Waals surface area contributed by atoms with Gasteiger partial charge in [-0.25, -0.2) is 0 Å². The van der Waals surface area contributed by atoms with Crippen molar-refractivity contribution in [2.24, 2.45) is 0 Å². The number of aliphatic hydroxyl groups excluding tert-OH is 1. The van der Waals surface area contributed by atoms with E-state index in [1.54, 1.807) is 0 Å². The summed E-state index contributed by atoms with van der Waals surface area (Å²) in [4.78, 5) is 72.3. The van der Waals surface area contributed by atoms with Crippen LogP contribution in [0.2, 0.25) is 0 Å². The Balaban J connectivity index is 2.64. The average molecular weight is 634 g/mol. The van der Waals surface area contributed by atoms with Gasteiger partial charge >= 0.3 is 29.8 Å². The highest BCUT2D eigenvalue weighted by molar-refractivity contribution is 5.73. The fourth-order valence-electron chi connectivity index (χ4n) is 4.69. The summed E-state index contributed by atoms with van der Waals surface area (Å²) < 4.78 is 50.4. The van der Waals surface area contributed by atoms with E-state index < -0.39 is 110 Å². The molecule has 2 rings (SSSR count). The summed E-state index contributed by atoms with van der Waals surface area (Å²) in [5.41, 5.74) is 0. The van der Waals surface area contributed by atoms with E-state index in [1.165, 1.54) is 13.0 Å². The Morgan fingerprint density at radius 3 is 1.73 bits per heavy atom. The highest BCUT2D eigenvalue weighted by Crippen LogP contribution is 2.34. The summed E-state index contributed by atoms with van der Waals surface area (Å²) in [7, 11) is 0. The first-order valence-corrected chi connectivity index (χ1v) is 13.6. The number of hydrogen-bond acceptors (Lipinski definition) is 16. The number of rotatable bonds is 13. The maximum absolute atomic E-state index is 12.2. The minimum Gasteiger partial charge on any atom is -0.463 e. The molecule has 248 valence electrons. The summed E-state index contributed by atoms with van der Waals surface area (Å²) in [5, 5.41) is 12.8. The Bertz CT molecular complexity index is 1060. The summed E-state index contributed by atoms with van der Waals surface area (Å²) in [5.74, 6) is -4.66. The first-order valence-electron chi connectivity index (χ1n) is 13.6. The topological polar surface area (TPSA) is 218 Å². The van der Waals surface area contributed by atoms with Crippen molar-refractivity contribution in [1.29, 1.82) is 0 Å². The average Bonchev–Trinajstić information content (AvgIpc) is 2.90. The number of hydrogen-bond donors (Lipinski definition) is 2. The maximum atomic E-state index is 12.2. The fraction of sp³-hybridized carbons (Fsp3) is 0.704. The van der Waals surface area contributed by atoms with Crippen molar-refractivity contribution in [2.75, 3.05) is 19.8 Å². The molecule has 2 fully saturated rings. The van der Waals surface area contributed by atoms with Gasteiger partial charge in [-0.15, -0.1) is 6.58 Å². The van der Waals surface area contributed by atoms with Crippen LogP contribution >= 0.6 is 0 Å². The van der Waals surface area contributed by atoms with E-state index in [9.17, 15) is 33.9 Å². The molecule has 0 spiro atoms. The van der Waals surface area contributed by atoms with E-state index >= 15 is 0 Å². The summed E-state index contributed by atoms with van der Waals surface area (Å²) >= 11 is 0. The molecule has 10 atom stereocenters. The molecule has 2 N–H and O–H groups in total. The van der Waals surface area contributed by atoms with E-state index in [1.807, 2.05) is 0 Å². The third kappa shape index (κ3) is 10.5. The van der Waals surface area contributed by atoms with Crippen molar-refractivity contribution < 1.29 is 76.5 Å². The normalized spacial score (nSPS) is 31.5. The van der Waals surface area contributed by atoms with E-state index in [0.717, 1.165) is 34.6 Å². The second-order valence-electron chi connectivity index (χ2n) is 9.82. The largest absolute Gasteiger partial charge is 0.463 e. The molecule has 2 saturated heterocycles. The van der Waals surface area contributed by atoms with E-state index in [4.69, 9.17) is 42.6 Å². The van der Waals surface area contributed by atoms with Crippen molar-refractivity contribution >= 4 is 35.8 Å². The third-order valence-corrected chi connectivity index (χ3v) is 6.12. The number of esters is 5. The lowest BCUT2D eigenvalue weighted by Gasteiger charge is -2.49. The Hall–Kier alpha value is -3.64. The zero-order valence-corrected chi connectivity index (χ0v) is 25.3. The van der Waals surface area contributed by atoms with Gasteiger partial charge in [0, 0.05) is 41.5 Å². The zero-order chi connectivity index (χ0) is 33.1. The molecule has 2 heterocycles. The molecular formula is C27H39NO16. The van der Waals surface area contributed by atoms with Gasteiger partial charge in [0.25, 0.3) is 0 Å². The molecule has 0 aromatic rings. The number of ether oxygens (including phenoxy) is 9. The lowest BCUT2D eigenvalue weighted by Crippen LogP contribution is -2.69. The van der Waals surface area contributed by atoms with E-state index in [2.05, 4.69) is 11.9 Å². The summed E-state index contributed by atoms with van der Waals surface area (Å²) in [6.07, 6.45) is -11.7. The van der Waals surface area contributed by atoms with Crippen LogP contribution in [-0.4, -0.2) is 122 Å². The van der Waals surface area contributed by atoms with Gasteiger partial charge in [0.1, 0.15) is 31.0 Å². The molecule has 1 amide bonds. The molecule has 2 aliphatic rings. The van der Waals surface area contributed by atoms with Crippen LogP contribution in [0.1, 0.15) is 41.5 Å². The molecule has 0 aromatic heterocycles. The molecule has 17 heteroatoms. The van der Waals surface area contributed by atoms with Crippen molar-refractivity contribution in [1.82, 2.24) is 5.32 Å². The van der Waals surface area contributed by atoms with Gasteiger partial charge in [0.15, 0.2) is 37.0 Å². The molecule has 0 unspecified atom stereocenters. The molecule has 0 bridgehead atoms. The first kappa shape index (κ1) is 36.6. The number of amides is 1. The third-order valence-electron chi connectivity index (χ3n) is 6.12. The van der Waals surface area contributed by atoms with Crippen LogP contribution < -0.4 is 5.32 Å². The molecule has 0 aromatic carbocycles. The second-order valence-corrected chi connectivity index (χ2v) is 9.82. The molecule has 0 saturated carbocycles. The number of carbonyl (C=O) groups excluding carboxylic acids is 6. The quantitative estimate of drug-likeness (QED) is 0.138. The van der Waals surface area contributed by atoms with Crippen molar-refractivity contribution in [2.45, 2.75) is 103 Å². The molecule has 17 nitrogen and oxygen atoms in total. The predicted molar refractivity (Wildman–Crippen MR) is 142 cm³/mol. The summed E-state index contributed by atoms with van der Waals surface area (Å²) in [6.45, 7) is 8.84. The minimum absolute atomic E-state index is 0.0447. The van der Waals surface area contributed by atoms with Crippen molar-refractivity contribution in [3.05, 3.63) is 12.7 Å². The number of nitrogens with one attached hydrogen (secondary N) is 1. The van der Waals surface area contributed by atoms with Gasteiger partial charge in [-0.3, -0.25) is 28.8 Å².